The van der Waals surface area contributed by atoms with E-state index >= 15 is 0 Å². The highest BCUT2D eigenvalue weighted by molar-refractivity contribution is 5.88. The van der Waals surface area contributed by atoms with E-state index in [1.165, 1.54) is 5.39 Å². The van der Waals surface area contributed by atoms with Crippen molar-refractivity contribution in [1.29, 1.82) is 0 Å². The number of H-pyrrole nitrogens is 1. The maximum Gasteiger partial charge on any atom is 0.335 e. The van der Waals surface area contributed by atoms with Gasteiger partial charge in [-0.3, -0.25) is 4.90 Å². The molecule has 0 amide bonds. The van der Waals surface area contributed by atoms with Crippen LogP contribution in [0.5, 0.6) is 5.75 Å². The van der Waals surface area contributed by atoms with Crippen molar-refractivity contribution >= 4 is 16.9 Å². The SMILES string of the molecule is COc1cc(C)c2[nH]ccc2c1CN1CC(OC)CCC1c1ccc(C(=O)O)cc1. The number of nitrogens with zero attached hydrogens (tertiary/aromatic N) is 1. The maximum atomic E-state index is 11.2. The van der Waals surface area contributed by atoms with Crippen LogP contribution >= 0.6 is 0 Å². The van der Waals surface area contributed by atoms with Gasteiger partial charge >= 0.3 is 5.97 Å². The number of hydrogen-bond acceptors (Lipinski definition) is 4. The largest absolute Gasteiger partial charge is 0.496 e. The van der Waals surface area contributed by atoms with E-state index < -0.39 is 5.97 Å². The van der Waals surface area contributed by atoms with Crippen LogP contribution in [0.25, 0.3) is 10.9 Å². The molecule has 2 aromatic carbocycles. The van der Waals surface area contributed by atoms with E-state index in [1.807, 2.05) is 18.3 Å². The van der Waals surface area contributed by atoms with Crippen molar-refractivity contribution in [2.45, 2.75) is 38.5 Å². The van der Waals surface area contributed by atoms with Crippen molar-refractivity contribution in [3.63, 3.8) is 0 Å². The van der Waals surface area contributed by atoms with Crippen molar-refractivity contribution in [3.05, 3.63) is 64.8 Å². The Morgan fingerprint density at radius 2 is 1.97 bits per heavy atom. The summed E-state index contributed by atoms with van der Waals surface area (Å²) in [4.78, 5) is 17.0. The lowest BCUT2D eigenvalue weighted by molar-refractivity contribution is 0.000818. The first-order chi connectivity index (χ1) is 14.5. The number of piperidine rings is 1. The second kappa shape index (κ2) is 8.50. The van der Waals surface area contributed by atoms with Gasteiger partial charge in [-0.1, -0.05) is 12.1 Å². The molecule has 6 nitrogen and oxygen atoms in total. The average Bonchev–Trinajstić information content (AvgIpc) is 3.26. The Morgan fingerprint density at radius 1 is 1.20 bits per heavy atom. The van der Waals surface area contributed by atoms with Gasteiger partial charge in [0.1, 0.15) is 5.75 Å². The molecule has 0 radical (unpaired) electrons. The van der Waals surface area contributed by atoms with Crippen molar-refractivity contribution in [2.75, 3.05) is 20.8 Å². The first-order valence-corrected chi connectivity index (χ1v) is 10.3. The van der Waals surface area contributed by atoms with E-state index in [0.717, 1.165) is 53.9 Å². The summed E-state index contributed by atoms with van der Waals surface area (Å²) in [5.41, 5.74) is 4.89. The van der Waals surface area contributed by atoms with E-state index in [2.05, 4.69) is 28.9 Å². The number of carboxylic acid groups (broad SMARTS) is 1. The number of aromatic carboxylic acids is 1. The summed E-state index contributed by atoms with van der Waals surface area (Å²) < 4.78 is 11.4. The van der Waals surface area contributed by atoms with Crippen LogP contribution in [0.2, 0.25) is 0 Å². The summed E-state index contributed by atoms with van der Waals surface area (Å²) in [6.07, 6.45) is 4.08. The van der Waals surface area contributed by atoms with E-state index in [1.54, 1.807) is 26.4 Å². The van der Waals surface area contributed by atoms with Crippen LogP contribution in [-0.2, 0) is 11.3 Å². The number of rotatable bonds is 6. The first-order valence-electron chi connectivity index (χ1n) is 10.3. The van der Waals surface area contributed by atoms with Crippen molar-refractivity contribution in [2.24, 2.45) is 0 Å². The normalized spacial score (nSPS) is 19.8. The second-order valence-corrected chi connectivity index (χ2v) is 7.95. The highest BCUT2D eigenvalue weighted by Gasteiger charge is 2.30. The minimum atomic E-state index is -0.902. The van der Waals surface area contributed by atoms with Gasteiger partial charge in [0.15, 0.2) is 0 Å². The van der Waals surface area contributed by atoms with Gasteiger partial charge in [-0.2, -0.15) is 0 Å². The number of likely N-dealkylation sites (tertiary alicyclic amines) is 1. The fourth-order valence-corrected chi connectivity index (χ4v) is 4.58. The number of fused-ring (bicyclic) bond motifs is 1. The van der Waals surface area contributed by atoms with Crippen LogP contribution < -0.4 is 4.74 Å². The highest BCUT2D eigenvalue weighted by atomic mass is 16.5. The van der Waals surface area contributed by atoms with Gasteiger partial charge in [0.25, 0.3) is 0 Å². The number of methoxy groups -OCH3 is 2. The molecule has 2 unspecified atom stereocenters. The Labute approximate surface area is 176 Å². The Balaban J connectivity index is 1.70. The van der Waals surface area contributed by atoms with Crippen LogP contribution in [0.15, 0.2) is 42.6 Å². The molecular formula is C24H28N2O4. The predicted molar refractivity (Wildman–Crippen MR) is 116 cm³/mol. The lowest BCUT2D eigenvalue weighted by Crippen LogP contribution is -2.41. The Kier molecular flexibility index (Phi) is 5.79. The predicted octanol–water partition coefficient (Wildman–Crippen LogP) is 4.54. The molecule has 1 aliphatic heterocycles. The van der Waals surface area contributed by atoms with E-state index in [9.17, 15) is 9.90 Å². The molecule has 0 saturated carbocycles. The number of aryl methyl sites for hydroxylation is 1. The molecule has 0 aliphatic carbocycles. The minimum Gasteiger partial charge on any atom is -0.496 e. The van der Waals surface area contributed by atoms with Crippen LogP contribution in [-0.4, -0.2) is 47.8 Å². The number of nitrogens with one attached hydrogen (secondary N) is 1. The molecule has 30 heavy (non-hydrogen) atoms. The molecule has 1 aliphatic rings. The highest BCUT2D eigenvalue weighted by Crippen LogP contribution is 2.37. The van der Waals surface area contributed by atoms with Gasteiger partial charge in [0.05, 0.1) is 18.8 Å². The summed E-state index contributed by atoms with van der Waals surface area (Å²) in [6, 6.07) is 11.6. The summed E-state index contributed by atoms with van der Waals surface area (Å²) in [5, 5.41) is 10.4. The zero-order chi connectivity index (χ0) is 21.3. The molecule has 2 heterocycles. The molecule has 158 valence electrons. The van der Waals surface area contributed by atoms with Crippen molar-refractivity contribution in [1.82, 2.24) is 9.88 Å². The van der Waals surface area contributed by atoms with Gasteiger partial charge in [-0.05, 0) is 55.2 Å². The third kappa shape index (κ3) is 3.80. The molecule has 0 spiro atoms. The summed E-state index contributed by atoms with van der Waals surface area (Å²) in [5.74, 6) is -0.0140. The molecule has 0 bridgehead atoms. The third-order valence-electron chi connectivity index (χ3n) is 6.21. The number of carbonyl (C=O) groups is 1. The Bertz CT molecular complexity index is 1040. The van der Waals surface area contributed by atoms with Crippen LogP contribution in [0.3, 0.4) is 0 Å². The lowest BCUT2D eigenvalue weighted by atomic mass is 9.92. The molecule has 6 heteroatoms. The first kappa shape index (κ1) is 20.4. The molecule has 1 fully saturated rings. The summed E-state index contributed by atoms with van der Waals surface area (Å²) in [6.45, 7) is 3.62. The molecule has 3 aromatic rings. The van der Waals surface area contributed by atoms with E-state index in [-0.39, 0.29) is 12.1 Å². The average molecular weight is 408 g/mol. The van der Waals surface area contributed by atoms with Gasteiger partial charge in [0.2, 0.25) is 0 Å². The molecule has 2 atom stereocenters. The monoisotopic (exact) mass is 408 g/mol. The molecule has 1 aromatic heterocycles. The number of aromatic amines is 1. The standard InChI is InChI=1S/C24H28N2O4/c1-15-12-22(30-3)20(19-10-11-25-23(15)19)14-26-13-18(29-2)8-9-21(26)16-4-6-17(7-5-16)24(27)28/h4-7,10-12,18,21,25H,8-9,13-14H2,1-3H3,(H,27,28). The van der Waals surface area contributed by atoms with E-state index in [4.69, 9.17) is 9.47 Å². The number of hydrogen-bond donors (Lipinski definition) is 2. The number of aromatic nitrogens is 1. The topological polar surface area (TPSA) is 74.8 Å². The molecule has 2 N–H and O–H groups in total. The fourth-order valence-electron chi connectivity index (χ4n) is 4.58. The Hall–Kier alpha value is -2.83. The summed E-state index contributed by atoms with van der Waals surface area (Å²) in [7, 11) is 3.48. The number of ether oxygens (including phenoxy) is 2. The second-order valence-electron chi connectivity index (χ2n) is 7.95. The van der Waals surface area contributed by atoms with Crippen LogP contribution in [0.1, 0.15) is 45.9 Å². The van der Waals surface area contributed by atoms with Crippen molar-refractivity contribution in [3.8, 4) is 5.75 Å². The smallest absolute Gasteiger partial charge is 0.335 e. The lowest BCUT2D eigenvalue weighted by Gasteiger charge is -2.40. The third-order valence-corrected chi connectivity index (χ3v) is 6.21. The van der Waals surface area contributed by atoms with E-state index in [0.29, 0.717) is 5.56 Å². The van der Waals surface area contributed by atoms with Crippen LogP contribution in [0.4, 0.5) is 0 Å². The molecule has 1 saturated heterocycles. The maximum absolute atomic E-state index is 11.2. The Morgan fingerprint density at radius 3 is 2.63 bits per heavy atom. The van der Waals surface area contributed by atoms with Crippen molar-refractivity contribution < 1.29 is 19.4 Å². The zero-order valence-electron chi connectivity index (χ0n) is 17.6. The van der Waals surface area contributed by atoms with Gasteiger partial charge in [0, 0.05) is 48.9 Å². The zero-order valence-corrected chi connectivity index (χ0v) is 17.6. The molecular weight excluding hydrogens is 380 g/mol. The summed E-state index contributed by atoms with van der Waals surface area (Å²) >= 11 is 0. The fraction of sp³-hybridized carbons (Fsp3) is 0.375. The molecule has 4 rings (SSSR count). The quantitative estimate of drug-likeness (QED) is 0.627. The number of benzene rings is 2. The van der Waals surface area contributed by atoms with Crippen LogP contribution in [0, 0.1) is 6.92 Å². The van der Waals surface area contributed by atoms with Gasteiger partial charge < -0.3 is 19.6 Å². The number of carboxylic acids is 1. The minimum absolute atomic E-state index is 0.178. The van der Waals surface area contributed by atoms with Gasteiger partial charge in [-0.15, -0.1) is 0 Å². The van der Waals surface area contributed by atoms with Gasteiger partial charge in [-0.25, -0.2) is 4.79 Å².